The van der Waals surface area contributed by atoms with Crippen molar-refractivity contribution in [1.82, 2.24) is 0 Å². The first-order valence-corrected chi connectivity index (χ1v) is 6.25. The van der Waals surface area contributed by atoms with Crippen LogP contribution in [0.4, 0.5) is 0 Å². The summed E-state index contributed by atoms with van der Waals surface area (Å²) in [5.74, 6) is 0.527. The Morgan fingerprint density at radius 3 is 2.24 bits per heavy atom. The molecule has 0 radical (unpaired) electrons. The molecule has 94 valence electrons. The molecule has 0 bridgehead atoms. The first kappa shape index (κ1) is 13.8. The Morgan fingerprint density at radius 1 is 1.18 bits per heavy atom. The molecule has 1 atom stereocenters. The van der Waals surface area contributed by atoms with Gasteiger partial charge in [0.05, 0.1) is 5.56 Å². The summed E-state index contributed by atoms with van der Waals surface area (Å²) in [5.41, 5.74) is 1.43. The first-order valence-electron chi connectivity index (χ1n) is 6.25. The van der Waals surface area contributed by atoms with Crippen LogP contribution in [0.15, 0.2) is 24.3 Å². The highest BCUT2D eigenvalue weighted by Crippen LogP contribution is 2.33. The van der Waals surface area contributed by atoms with Crippen molar-refractivity contribution in [2.24, 2.45) is 11.8 Å². The number of carbonyl (C=O) groups is 1. The molecule has 1 aromatic carbocycles. The van der Waals surface area contributed by atoms with Gasteiger partial charge in [0.15, 0.2) is 0 Å². The minimum Gasteiger partial charge on any atom is -0.478 e. The molecule has 1 rings (SSSR count). The highest BCUT2D eigenvalue weighted by Gasteiger charge is 2.22. The fourth-order valence-electron chi connectivity index (χ4n) is 2.28. The van der Waals surface area contributed by atoms with Crippen molar-refractivity contribution in [2.75, 3.05) is 0 Å². The Bertz CT molecular complexity index is 380. The minimum absolute atomic E-state index is 0.322. The molecular weight excluding hydrogens is 212 g/mol. The Hall–Kier alpha value is -1.31. The molecule has 0 saturated carbocycles. The lowest BCUT2D eigenvalue weighted by Crippen LogP contribution is -2.14. The van der Waals surface area contributed by atoms with Crippen LogP contribution in [-0.2, 0) is 0 Å². The molecule has 0 spiro atoms. The molecule has 2 nitrogen and oxygen atoms in total. The highest BCUT2D eigenvalue weighted by molar-refractivity contribution is 5.89. The summed E-state index contributed by atoms with van der Waals surface area (Å²) >= 11 is 0. The summed E-state index contributed by atoms with van der Waals surface area (Å²) in [6, 6.07) is 7.38. The summed E-state index contributed by atoms with van der Waals surface area (Å²) in [5, 5.41) is 9.23. The lowest BCUT2D eigenvalue weighted by atomic mass is 9.80. The molecular formula is C15H22O2. The predicted octanol–water partition coefficient (Wildman–Crippen LogP) is 4.17. The zero-order valence-electron chi connectivity index (χ0n) is 11.1. The standard InChI is InChI=1S/C15H22O2/c1-10(2)9-14(11(3)4)12-7-5-6-8-13(12)15(16)17/h5-8,10-11,14H,9H2,1-4H3,(H,16,17). The molecule has 17 heavy (non-hydrogen) atoms. The third-order valence-electron chi connectivity index (χ3n) is 3.12. The molecule has 0 saturated heterocycles. The van der Waals surface area contributed by atoms with Gasteiger partial charge in [-0.2, -0.15) is 0 Å². The van der Waals surface area contributed by atoms with E-state index in [1.807, 2.05) is 12.1 Å². The van der Waals surface area contributed by atoms with Crippen molar-refractivity contribution >= 4 is 5.97 Å². The molecule has 1 aromatic rings. The van der Waals surface area contributed by atoms with Gasteiger partial charge in [-0.3, -0.25) is 0 Å². The number of hydrogen-bond acceptors (Lipinski definition) is 1. The maximum atomic E-state index is 11.2. The van der Waals surface area contributed by atoms with E-state index in [1.54, 1.807) is 12.1 Å². The molecule has 2 heteroatoms. The van der Waals surface area contributed by atoms with E-state index in [-0.39, 0.29) is 0 Å². The van der Waals surface area contributed by atoms with Gasteiger partial charge in [-0.05, 0) is 35.8 Å². The maximum Gasteiger partial charge on any atom is 0.335 e. The number of carboxylic acids is 1. The lowest BCUT2D eigenvalue weighted by Gasteiger charge is -2.24. The van der Waals surface area contributed by atoms with Gasteiger partial charge in [0.2, 0.25) is 0 Å². The van der Waals surface area contributed by atoms with E-state index in [1.165, 1.54) is 0 Å². The predicted molar refractivity (Wildman–Crippen MR) is 70.4 cm³/mol. The first-order chi connectivity index (χ1) is 7.93. The van der Waals surface area contributed by atoms with Gasteiger partial charge in [0, 0.05) is 0 Å². The topological polar surface area (TPSA) is 37.3 Å². The van der Waals surface area contributed by atoms with E-state index in [4.69, 9.17) is 0 Å². The fraction of sp³-hybridized carbons (Fsp3) is 0.533. The molecule has 0 aliphatic rings. The van der Waals surface area contributed by atoms with Crippen LogP contribution >= 0.6 is 0 Å². The van der Waals surface area contributed by atoms with Crippen molar-refractivity contribution in [1.29, 1.82) is 0 Å². The van der Waals surface area contributed by atoms with Gasteiger partial charge in [-0.15, -0.1) is 0 Å². The average molecular weight is 234 g/mol. The van der Waals surface area contributed by atoms with Gasteiger partial charge in [0.25, 0.3) is 0 Å². The molecule has 0 amide bonds. The van der Waals surface area contributed by atoms with Crippen LogP contribution in [0, 0.1) is 11.8 Å². The Kier molecular flexibility index (Phi) is 4.73. The van der Waals surface area contributed by atoms with Crippen LogP contribution < -0.4 is 0 Å². The monoisotopic (exact) mass is 234 g/mol. The van der Waals surface area contributed by atoms with Crippen LogP contribution in [0.2, 0.25) is 0 Å². The zero-order valence-corrected chi connectivity index (χ0v) is 11.1. The molecule has 0 aromatic heterocycles. The van der Waals surface area contributed by atoms with Crippen LogP contribution in [0.1, 0.15) is 56.0 Å². The highest BCUT2D eigenvalue weighted by atomic mass is 16.4. The lowest BCUT2D eigenvalue weighted by molar-refractivity contribution is 0.0694. The van der Waals surface area contributed by atoms with Crippen molar-refractivity contribution in [2.45, 2.75) is 40.0 Å². The van der Waals surface area contributed by atoms with Gasteiger partial charge in [-0.1, -0.05) is 45.9 Å². The zero-order chi connectivity index (χ0) is 13.0. The number of carboxylic acid groups (broad SMARTS) is 1. The quantitative estimate of drug-likeness (QED) is 0.830. The molecule has 0 aliphatic carbocycles. The van der Waals surface area contributed by atoms with E-state index in [2.05, 4.69) is 27.7 Å². The summed E-state index contributed by atoms with van der Waals surface area (Å²) in [6.07, 6.45) is 1.03. The van der Waals surface area contributed by atoms with E-state index in [9.17, 15) is 9.90 Å². The van der Waals surface area contributed by atoms with Crippen LogP contribution in [0.5, 0.6) is 0 Å². The average Bonchev–Trinajstić information content (AvgIpc) is 2.25. The second-order valence-electron chi connectivity index (χ2n) is 5.37. The van der Waals surface area contributed by atoms with Gasteiger partial charge in [-0.25, -0.2) is 4.79 Å². The van der Waals surface area contributed by atoms with Gasteiger partial charge in [0.1, 0.15) is 0 Å². The van der Waals surface area contributed by atoms with Crippen molar-refractivity contribution < 1.29 is 9.90 Å². The smallest absolute Gasteiger partial charge is 0.335 e. The fourth-order valence-corrected chi connectivity index (χ4v) is 2.28. The van der Waals surface area contributed by atoms with Crippen LogP contribution in [0.3, 0.4) is 0 Å². The molecule has 1 unspecified atom stereocenters. The van der Waals surface area contributed by atoms with E-state index >= 15 is 0 Å². The van der Waals surface area contributed by atoms with Crippen LogP contribution in [0.25, 0.3) is 0 Å². The SMILES string of the molecule is CC(C)CC(c1ccccc1C(=O)O)C(C)C. The second kappa shape index (κ2) is 5.85. The third kappa shape index (κ3) is 3.58. The summed E-state index contributed by atoms with van der Waals surface area (Å²) in [7, 11) is 0. The number of aromatic carboxylic acids is 1. The molecule has 0 aliphatic heterocycles. The number of benzene rings is 1. The van der Waals surface area contributed by atoms with Gasteiger partial charge >= 0.3 is 5.97 Å². The van der Waals surface area contributed by atoms with E-state index in [0.29, 0.717) is 23.3 Å². The van der Waals surface area contributed by atoms with Crippen molar-refractivity contribution in [3.05, 3.63) is 35.4 Å². The second-order valence-corrected chi connectivity index (χ2v) is 5.37. The Labute approximate surface area is 104 Å². The Balaban J connectivity index is 3.13. The normalized spacial score (nSPS) is 13.1. The largest absolute Gasteiger partial charge is 0.478 e. The van der Waals surface area contributed by atoms with Crippen molar-refractivity contribution in [3.63, 3.8) is 0 Å². The van der Waals surface area contributed by atoms with Crippen LogP contribution in [-0.4, -0.2) is 11.1 Å². The summed E-state index contributed by atoms with van der Waals surface area (Å²) < 4.78 is 0. The van der Waals surface area contributed by atoms with E-state index in [0.717, 1.165) is 12.0 Å². The minimum atomic E-state index is -0.824. The summed E-state index contributed by atoms with van der Waals surface area (Å²) in [4.78, 5) is 11.2. The molecule has 0 fully saturated rings. The molecule has 0 heterocycles. The maximum absolute atomic E-state index is 11.2. The van der Waals surface area contributed by atoms with E-state index < -0.39 is 5.97 Å². The molecule has 1 N–H and O–H groups in total. The Morgan fingerprint density at radius 2 is 1.76 bits per heavy atom. The third-order valence-corrected chi connectivity index (χ3v) is 3.12. The summed E-state index contributed by atoms with van der Waals surface area (Å²) in [6.45, 7) is 8.68. The number of hydrogen-bond donors (Lipinski definition) is 1. The number of rotatable bonds is 5. The van der Waals surface area contributed by atoms with Gasteiger partial charge < -0.3 is 5.11 Å². The van der Waals surface area contributed by atoms with Crippen molar-refractivity contribution in [3.8, 4) is 0 Å².